The van der Waals surface area contributed by atoms with Gasteiger partial charge in [-0.15, -0.1) is 0 Å². The molecule has 1 heterocycles. The monoisotopic (exact) mass is 259 g/mol. The van der Waals surface area contributed by atoms with Crippen LogP contribution in [0.25, 0.3) is 0 Å². The first-order chi connectivity index (χ1) is 9.24. The van der Waals surface area contributed by atoms with Gasteiger partial charge in [0.1, 0.15) is 12.1 Å². The van der Waals surface area contributed by atoms with Gasteiger partial charge < -0.3 is 15.2 Å². The van der Waals surface area contributed by atoms with Gasteiger partial charge in [-0.1, -0.05) is 12.1 Å². The number of ether oxygens (including phenoxy) is 2. The lowest BCUT2D eigenvalue weighted by molar-refractivity contribution is 0.340. The Morgan fingerprint density at radius 2 is 1.95 bits per heavy atom. The van der Waals surface area contributed by atoms with Gasteiger partial charge in [0, 0.05) is 6.07 Å². The highest BCUT2D eigenvalue weighted by Gasteiger charge is 2.11. The van der Waals surface area contributed by atoms with Crippen LogP contribution in [-0.4, -0.2) is 23.7 Å². The minimum Gasteiger partial charge on any atom is -0.494 e. The average Bonchev–Trinajstić information content (AvgIpc) is 2.48. The Morgan fingerprint density at radius 1 is 1.21 bits per heavy atom. The maximum atomic E-state index is 6.18. The van der Waals surface area contributed by atoms with Crippen molar-refractivity contribution in [3.63, 3.8) is 0 Å². The zero-order chi connectivity index (χ0) is 13.7. The molecule has 0 aliphatic rings. The minimum absolute atomic E-state index is 0.312. The summed E-state index contributed by atoms with van der Waals surface area (Å²) in [6.07, 6.45) is 1.45. The lowest BCUT2D eigenvalue weighted by Gasteiger charge is -2.12. The quantitative estimate of drug-likeness (QED) is 0.888. The van der Waals surface area contributed by atoms with Crippen molar-refractivity contribution in [1.82, 2.24) is 9.97 Å². The molecular weight excluding hydrogens is 242 g/mol. The number of aromatic nitrogens is 2. The minimum atomic E-state index is -0.312. The third kappa shape index (κ3) is 3.20. The van der Waals surface area contributed by atoms with E-state index in [0.29, 0.717) is 12.5 Å². The molecule has 0 aliphatic heterocycles. The first-order valence-electron chi connectivity index (χ1n) is 6.09. The van der Waals surface area contributed by atoms with Gasteiger partial charge >= 0.3 is 0 Å². The van der Waals surface area contributed by atoms with Crippen molar-refractivity contribution in [2.45, 2.75) is 13.0 Å². The molecule has 100 valence electrons. The molecule has 1 atom stereocenters. The second-order valence-corrected chi connectivity index (χ2v) is 3.96. The van der Waals surface area contributed by atoms with Gasteiger partial charge in [-0.3, -0.25) is 0 Å². The summed E-state index contributed by atoms with van der Waals surface area (Å²) >= 11 is 0. The van der Waals surface area contributed by atoms with Crippen LogP contribution in [-0.2, 0) is 0 Å². The molecule has 0 amide bonds. The van der Waals surface area contributed by atoms with Crippen LogP contribution >= 0.6 is 0 Å². The van der Waals surface area contributed by atoms with Crippen LogP contribution in [0.15, 0.2) is 36.7 Å². The number of nitrogens with zero attached hydrogens (tertiary/aromatic N) is 2. The van der Waals surface area contributed by atoms with E-state index >= 15 is 0 Å². The molecule has 5 heteroatoms. The van der Waals surface area contributed by atoms with Crippen molar-refractivity contribution < 1.29 is 9.47 Å². The Labute approximate surface area is 112 Å². The van der Waals surface area contributed by atoms with Crippen LogP contribution < -0.4 is 15.2 Å². The van der Waals surface area contributed by atoms with Crippen molar-refractivity contribution in [2.24, 2.45) is 5.73 Å². The average molecular weight is 259 g/mol. The fourth-order valence-corrected chi connectivity index (χ4v) is 1.74. The van der Waals surface area contributed by atoms with Gasteiger partial charge in [0.15, 0.2) is 0 Å². The molecule has 0 radical (unpaired) electrons. The maximum Gasteiger partial charge on any atom is 0.216 e. The van der Waals surface area contributed by atoms with Crippen LogP contribution in [0.3, 0.4) is 0 Å². The fourth-order valence-electron chi connectivity index (χ4n) is 1.74. The largest absolute Gasteiger partial charge is 0.494 e. The van der Waals surface area contributed by atoms with Crippen molar-refractivity contribution in [1.29, 1.82) is 0 Å². The first kappa shape index (κ1) is 13.3. The Hall–Kier alpha value is -2.14. The molecule has 1 aromatic carbocycles. The van der Waals surface area contributed by atoms with Gasteiger partial charge in [0.05, 0.1) is 25.5 Å². The molecule has 0 bridgehead atoms. The number of rotatable bonds is 5. The zero-order valence-electron chi connectivity index (χ0n) is 11.0. The fraction of sp³-hybridized carbons (Fsp3) is 0.286. The molecule has 0 fully saturated rings. The van der Waals surface area contributed by atoms with Gasteiger partial charge in [0.2, 0.25) is 5.88 Å². The van der Waals surface area contributed by atoms with E-state index < -0.39 is 0 Å². The molecule has 19 heavy (non-hydrogen) atoms. The van der Waals surface area contributed by atoms with E-state index in [-0.39, 0.29) is 6.04 Å². The van der Waals surface area contributed by atoms with Crippen LogP contribution in [0.1, 0.15) is 24.2 Å². The van der Waals surface area contributed by atoms with E-state index in [1.807, 2.05) is 31.2 Å². The first-order valence-corrected chi connectivity index (χ1v) is 6.09. The SMILES string of the molecule is CCOc1ccc(C(N)c2cc(OC)ncn2)cc1. The highest BCUT2D eigenvalue weighted by molar-refractivity contribution is 5.33. The third-order valence-corrected chi connectivity index (χ3v) is 2.74. The number of nitrogens with two attached hydrogens (primary N) is 1. The highest BCUT2D eigenvalue weighted by Crippen LogP contribution is 2.22. The van der Waals surface area contributed by atoms with E-state index in [9.17, 15) is 0 Å². The summed E-state index contributed by atoms with van der Waals surface area (Å²) < 4.78 is 10.5. The topological polar surface area (TPSA) is 70.3 Å². The summed E-state index contributed by atoms with van der Waals surface area (Å²) in [4.78, 5) is 8.14. The van der Waals surface area contributed by atoms with Gasteiger partial charge in [0.25, 0.3) is 0 Å². The van der Waals surface area contributed by atoms with Crippen LogP contribution in [0.2, 0.25) is 0 Å². The lowest BCUT2D eigenvalue weighted by Crippen LogP contribution is -2.13. The molecule has 0 saturated carbocycles. The van der Waals surface area contributed by atoms with Crippen LogP contribution in [0, 0.1) is 0 Å². The molecular formula is C14H17N3O2. The summed E-state index contributed by atoms with van der Waals surface area (Å²) in [6.45, 7) is 2.60. The molecule has 2 rings (SSSR count). The van der Waals surface area contributed by atoms with E-state index in [1.165, 1.54) is 6.33 Å². The molecule has 1 aromatic heterocycles. The summed E-state index contributed by atoms with van der Waals surface area (Å²) in [6, 6.07) is 9.09. The van der Waals surface area contributed by atoms with Crippen molar-refractivity contribution >= 4 is 0 Å². The van der Waals surface area contributed by atoms with E-state index in [2.05, 4.69) is 9.97 Å². The van der Waals surface area contributed by atoms with Crippen molar-refractivity contribution in [3.8, 4) is 11.6 Å². The zero-order valence-corrected chi connectivity index (χ0v) is 11.0. The Kier molecular flexibility index (Phi) is 4.30. The molecule has 0 aliphatic carbocycles. The second-order valence-electron chi connectivity index (χ2n) is 3.96. The maximum absolute atomic E-state index is 6.18. The lowest BCUT2D eigenvalue weighted by atomic mass is 10.0. The number of methoxy groups -OCH3 is 1. The van der Waals surface area contributed by atoms with Gasteiger partial charge in [-0.25, -0.2) is 9.97 Å². The number of hydrogen-bond acceptors (Lipinski definition) is 5. The number of benzene rings is 1. The Balaban J connectivity index is 2.20. The summed E-state index contributed by atoms with van der Waals surface area (Å²) in [5, 5.41) is 0. The van der Waals surface area contributed by atoms with Crippen molar-refractivity contribution in [2.75, 3.05) is 13.7 Å². The Bertz CT molecular complexity index is 528. The summed E-state index contributed by atoms with van der Waals surface area (Å²) in [5.74, 6) is 1.34. The third-order valence-electron chi connectivity index (χ3n) is 2.74. The molecule has 0 saturated heterocycles. The van der Waals surface area contributed by atoms with Crippen LogP contribution in [0.5, 0.6) is 11.6 Å². The smallest absolute Gasteiger partial charge is 0.216 e. The molecule has 0 spiro atoms. The molecule has 1 unspecified atom stereocenters. The van der Waals surface area contributed by atoms with E-state index in [1.54, 1.807) is 13.2 Å². The van der Waals surface area contributed by atoms with Crippen molar-refractivity contribution in [3.05, 3.63) is 47.9 Å². The highest BCUT2D eigenvalue weighted by atomic mass is 16.5. The summed E-state index contributed by atoms with van der Waals surface area (Å²) in [5.41, 5.74) is 7.86. The number of hydrogen-bond donors (Lipinski definition) is 1. The van der Waals surface area contributed by atoms with E-state index in [0.717, 1.165) is 17.0 Å². The standard InChI is InChI=1S/C14H17N3O2/c1-3-19-11-6-4-10(5-7-11)14(15)12-8-13(18-2)17-9-16-12/h4-9,14H,3,15H2,1-2H3. The predicted octanol–water partition coefficient (Wildman–Crippen LogP) is 1.93. The predicted molar refractivity (Wildman–Crippen MR) is 72.2 cm³/mol. The molecule has 2 N–H and O–H groups in total. The normalized spacial score (nSPS) is 11.9. The second kappa shape index (κ2) is 6.15. The van der Waals surface area contributed by atoms with Gasteiger partial charge in [-0.2, -0.15) is 0 Å². The summed E-state index contributed by atoms with van der Waals surface area (Å²) in [7, 11) is 1.56. The molecule has 5 nitrogen and oxygen atoms in total. The van der Waals surface area contributed by atoms with E-state index in [4.69, 9.17) is 15.2 Å². The Morgan fingerprint density at radius 3 is 2.58 bits per heavy atom. The van der Waals surface area contributed by atoms with Crippen LogP contribution in [0.4, 0.5) is 0 Å². The van der Waals surface area contributed by atoms with Gasteiger partial charge in [-0.05, 0) is 24.6 Å². The molecule has 2 aromatic rings.